The van der Waals surface area contributed by atoms with Crippen molar-refractivity contribution in [2.75, 3.05) is 18.0 Å². The number of para-hydroxylation sites is 1. The third-order valence-corrected chi connectivity index (χ3v) is 3.42. The number of amides is 1. The van der Waals surface area contributed by atoms with Crippen LogP contribution in [0.2, 0.25) is 0 Å². The van der Waals surface area contributed by atoms with Crippen LogP contribution >= 0.6 is 0 Å². The minimum absolute atomic E-state index is 0.00222. The monoisotopic (exact) mass is 256 g/mol. The molecule has 2 heterocycles. The highest BCUT2D eigenvalue weighted by Gasteiger charge is 2.23. The van der Waals surface area contributed by atoms with Gasteiger partial charge in [-0.3, -0.25) is 9.89 Å². The number of aromatic amines is 1. The quantitative estimate of drug-likeness (QED) is 0.812. The van der Waals surface area contributed by atoms with E-state index in [2.05, 4.69) is 21.6 Å². The first kappa shape index (κ1) is 11.9. The third kappa shape index (κ3) is 2.13. The number of hydrogen-bond donors (Lipinski definition) is 2. The first-order chi connectivity index (χ1) is 9.27. The maximum absolute atomic E-state index is 12.6. The van der Waals surface area contributed by atoms with Gasteiger partial charge in [0.2, 0.25) is 0 Å². The molecule has 0 radical (unpaired) electrons. The van der Waals surface area contributed by atoms with E-state index in [4.69, 9.17) is 0 Å². The Bertz CT molecular complexity index is 605. The number of carbonyl (C=O) groups excluding carboxylic acids is 1. The zero-order chi connectivity index (χ0) is 13.2. The highest BCUT2D eigenvalue weighted by molar-refractivity contribution is 6.07. The minimum atomic E-state index is 0.00222. The number of fused-ring (bicyclic) bond motifs is 1. The van der Waals surface area contributed by atoms with Gasteiger partial charge in [-0.05, 0) is 18.6 Å². The maximum atomic E-state index is 12.6. The predicted molar refractivity (Wildman–Crippen MR) is 73.1 cm³/mol. The summed E-state index contributed by atoms with van der Waals surface area (Å²) in [5, 5.41) is 10.1. The van der Waals surface area contributed by atoms with Crippen LogP contribution in [0.4, 0.5) is 5.69 Å². The largest absolute Gasteiger partial charge is 0.311 e. The van der Waals surface area contributed by atoms with Crippen LogP contribution in [0.5, 0.6) is 0 Å². The fourth-order valence-electron chi connectivity index (χ4n) is 2.38. The lowest BCUT2D eigenvalue weighted by atomic mass is 10.1. The van der Waals surface area contributed by atoms with E-state index in [1.54, 1.807) is 6.20 Å². The average Bonchev–Trinajstić information content (AvgIpc) is 2.74. The van der Waals surface area contributed by atoms with E-state index in [-0.39, 0.29) is 5.91 Å². The lowest BCUT2D eigenvalue weighted by Gasteiger charge is -2.22. The highest BCUT2D eigenvalue weighted by Crippen LogP contribution is 2.24. The Kier molecular flexibility index (Phi) is 3.05. The number of aromatic nitrogens is 2. The Morgan fingerprint density at radius 2 is 2.21 bits per heavy atom. The van der Waals surface area contributed by atoms with Crippen molar-refractivity contribution in [3.63, 3.8) is 0 Å². The Hall–Kier alpha value is -2.14. The molecule has 0 bridgehead atoms. The summed E-state index contributed by atoms with van der Waals surface area (Å²) in [6.45, 7) is 4.12. The van der Waals surface area contributed by atoms with Crippen molar-refractivity contribution in [3.05, 3.63) is 47.3 Å². The number of anilines is 1. The SMILES string of the molecule is Cc1[nH]ncc1C(=O)N1CCNCc2ccccc21. The van der Waals surface area contributed by atoms with Crippen LogP contribution in [-0.4, -0.2) is 29.2 Å². The summed E-state index contributed by atoms with van der Waals surface area (Å²) in [6, 6.07) is 8.01. The van der Waals surface area contributed by atoms with Crippen molar-refractivity contribution in [1.29, 1.82) is 0 Å². The molecule has 1 aromatic carbocycles. The molecule has 5 nitrogen and oxygen atoms in total. The standard InChI is InChI=1S/C14H16N4O/c1-10-12(9-16-17-10)14(19)18-7-6-15-8-11-4-2-3-5-13(11)18/h2-5,9,15H,6-8H2,1H3,(H,16,17). The topological polar surface area (TPSA) is 61.0 Å². The molecule has 2 aromatic rings. The Morgan fingerprint density at radius 1 is 1.37 bits per heavy atom. The second-order valence-electron chi connectivity index (χ2n) is 4.67. The van der Waals surface area contributed by atoms with Gasteiger partial charge in [-0.1, -0.05) is 18.2 Å². The molecule has 0 saturated heterocycles. The molecule has 0 saturated carbocycles. The summed E-state index contributed by atoms with van der Waals surface area (Å²) in [4.78, 5) is 14.5. The number of benzene rings is 1. The van der Waals surface area contributed by atoms with Gasteiger partial charge in [0.05, 0.1) is 11.8 Å². The molecule has 1 aliphatic rings. The first-order valence-corrected chi connectivity index (χ1v) is 6.38. The van der Waals surface area contributed by atoms with Gasteiger partial charge < -0.3 is 10.2 Å². The van der Waals surface area contributed by atoms with Crippen molar-refractivity contribution in [2.24, 2.45) is 0 Å². The van der Waals surface area contributed by atoms with E-state index >= 15 is 0 Å². The van der Waals surface area contributed by atoms with Gasteiger partial charge in [0.25, 0.3) is 5.91 Å². The van der Waals surface area contributed by atoms with E-state index in [9.17, 15) is 4.79 Å². The molecule has 5 heteroatoms. The molecule has 0 unspecified atom stereocenters. The second-order valence-corrected chi connectivity index (χ2v) is 4.67. The van der Waals surface area contributed by atoms with Crippen molar-refractivity contribution in [2.45, 2.75) is 13.5 Å². The van der Waals surface area contributed by atoms with E-state index in [1.807, 2.05) is 30.0 Å². The predicted octanol–water partition coefficient (Wildman–Crippen LogP) is 1.47. The summed E-state index contributed by atoms with van der Waals surface area (Å²) >= 11 is 0. The average molecular weight is 256 g/mol. The summed E-state index contributed by atoms with van der Waals surface area (Å²) < 4.78 is 0. The Labute approximate surface area is 111 Å². The third-order valence-electron chi connectivity index (χ3n) is 3.42. The van der Waals surface area contributed by atoms with Gasteiger partial charge in [-0.2, -0.15) is 5.10 Å². The molecular weight excluding hydrogens is 240 g/mol. The van der Waals surface area contributed by atoms with E-state index < -0.39 is 0 Å². The fraction of sp³-hybridized carbons (Fsp3) is 0.286. The Morgan fingerprint density at radius 3 is 3.00 bits per heavy atom. The molecule has 0 fully saturated rings. The molecule has 1 amide bonds. The van der Waals surface area contributed by atoms with E-state index in [0.717, 1.165) is 30.0 Å². The molecule has 0 aliphatic carbocycles. The number of aryl methyl sites for hydroxylation is 1. The molecule has 1 aromatic heterocycles. The number of rotatable bonds is 1. The van der Waals surface area contributed by atoms with E-state index in [1.165, 1.54) is 0 Å². The summed E-state index contributed by atoms with van der Waals surface area (Å²) in [5.41, 5.74) is 3.57. The molecule has 98 valence electrons. The van der Waals surface area contributed by atoms with Crippen LogP contribution in [0.3, 0.4) is 0 Å². The van der Waals surface area contributed by atoms with Gasteiger partial charge in [0.15, 0.2) is 0 Å². The van der Waals surface area contributed by atoms with Crippen LogP contribution in [0, 0.1) is 6.92 Å². The molecule has 2 N–H and O–H groups in total. The van der Waals surface area contributed by atoms with Gasteiger partial charge in [0, 0.05) is 31.0 Å². The van der Waals surface area contributed by atoms with Crippen LogP contribution < -0.4 is 10.2 Å². The summed E-state index contributed by atoms with van der Waals surface area (Å²) in [5.74, 6) is 0.00222. The normalized spacial score (nSPS) is 14.9. The van der Waals surface area contributed by atoms with Crippen molar-refractivity contribution >= 4 is 11.6 Å². The molecule has 19 heavy (non-hydrogen) atoms. The smallest absolute Gasteiger partial charge is 0.261 e. The lowest BCUT2D eigenvalue weighted by Crippen LogP contribution is -2.34. The minimum Gasteiger partial charge on any atom is -0.311 e. The number of nitrogens with zero attached hydrogens (tertiary/aromatic N) is 2. The maximum Gasteiger partial charge on any atom is 0.261 e. The van der Waals surface area contributed by atoms with Gasteiger partial charge in [-0.15, -0.1) is 0 Å². The summed E-state index contributed by atoms with van der Waals surface area (Å²) in [7, 11) is 0. The van der Waals surface area contributed by atoms with E-state index in [0.29, 0.717) is 12.1 Å². The first-order valence-electron chi connectivity index (χ1n) is 6.38. The number of hydrogen-bond acceptors (Lipinski definition) is 3. The van der Waals surface area contributed by atoms with Crippen molar-refractivity contribution in [1.82, 2.24) is 15.5 Å². The molecule has 0 spiro atoms. The van der Waals surface area contributed by atoms with Crippen LogP contribution in [-0.2, 0) is 6.54 Å². The highest BCUT2D eigenvalue weighted by atomic mass is 16.2. The lowest BCUT2D eigenvalue weighted by molar-refractivity contribution is 0.0987. The zero-order valence-corrected chi connectivity index (χ0v) is 10.8. The fourth-order valence-corrected chi connectivity index (χ4v) is 2.38. The summed E-state index contributed by atoms with van der Waals surface area (Å²) in [6.07, 6.45) is 1.60. The Balaban J connectivity index is 2.01. The van der Waals surface area contributed by atoms with Gasteiger partial charge in [0.1, 0.15) is 0 Å². The van der Waals surface area contributed by atoms with Gasteiger partial charge in [-0.25, -0.2) is 0 Å². The number of H-pyrrole nitrogens is 1. The van der Waals surface area contributed by atoms with Crippen LogP contribution in [0.15, 0.2) is 30.5 Å². The molecule has 3 rings (SSSR count). The zero-order valence-electron chi connectivity index (χ0n) is 10.8. The number of carbonyl (C=O) groups is 1. The van der Waals surface area contributed by atoms with Crippen LogP contribution in [0.1, 0.15) is 21.6 Å². The van der Waals surface area contributed by atoms with Gasteiger partial charge >= 0.3 is 0 Å². The van der Waals surface area contributed by atoms with Crippen molar-refractivity contribution < 1.29 is 4.79 Å². The second kappa shape index (κ2) is 4.85. The molecule has 0 atom stereocenters. The molecular formula is C14H16N4O. The number of nitrogens with one attached hydrogen (secondary N) is 2. The van der Waals surface area contributed by atoms with Crippen molar-refractivity contribution in [3.8, 4) is 0 Å². The molecule has 1 aliphatic heterocycles. The van der Waals surface area contributed by atoms with Crippen LogP contribution in [0.25, 0.3) is 0 Å².